The normalized spacial score (nSPS) is 12.0. The molecule has 2 aromatic rings. The van der Waals surface area contributed by atoms with Crippen molar-refractivity contribution in [1.29, 1.82) is 0 Å². The minimum absolute atomic E-state index is 0.0370. The summed E-state index contributed by atoms with van der Waals surface area (Å²) in [5.41, 5.74) is 1.84. The van der Waals surface area contributed by atoms with Gasteiger partial charge in [0.2, 0.25) is 5.91 Å². The van der Waals surface area contributed by atoms with Crippen LogP contribution in [0.15, 0.2) is 42.9 Å². The average molecular weight is 314 g/mol. The number of nitrogens with zero attached hydrogens (tertiary/aromatic N) is 3. The third kappa shape index (κ3) is 4.75. The van der Waals surface area contributed by atoms with E-state index in [1.54, 1.807) is 13.3 Å². The van der Waals surface area contributed by atoms with Gasteiger partial charge in [0.15, 0.2) is 0 Å². The molecule has 1 N–H and O–H groups in total. The smallest absolute Gasteiger partial charge is 0.234 e. The minimum Gasteiger partial charge on any atom is -0.496 e. The quantitative estimate of drug-likeness (QED) is 0.844. The number of carbonyl (C=O) groups excluding carboxylic acids is 1. The Balaban J connectivity index is 1.87. The number of ether oxygens (including phenoxy) is 1. The van der Waals surface area contributed by atoms with E-state index < -0.39 is 0 Å². The van der Waals surface area contributed by atoms with Gasteiger partial charge in [-0.1, -0.05) is 18.2 Å². The van der Waals surface area contributed by atoms with Crippen LogP contribution >= 0.6 is 0 Å². The van der Waals surface area contributed by atoms with E-state index in [9.17, 15) is 4.79 Å². The second kappa shape index (κ2) is 8.24. The summed E-state index contributed by atoms with van der Waals surface area (Å²) in [7, 11) is 3.52. The fourth-order valence-electron chi connectivity index (χ4n) is 2.24. The van der Waals surface area contributed by atoms with Gasteiger partial charge in [-0.2, -0.15) is 0 Å². The molecule has 122 valence electrons. The fraction of sp³-hybridized carbons (Fsp3) is 0.353. The number of rotatable bonds is 7. The van der Waals surface area contributed by atoms with Crippen LogP contribution in [0.2, 0.25) is 0 Å². The summed E-state index contributed by atoms with van der Waals surface area (Å²) in [6, 6.07) is 9.54. The molecule has 0 aliphatic rings. The highest BCUT2D eigenvalue weighted by molar-refractivity contribution is 5.78. The predicted molar refractivity (Wildman–Crippen MR) is 87.9 cm³/mol. The Morgan fingerprint density at radius 2 is 2.13 bits per heavy atom. The van der Waals surface area contributed by atoms with Crippen molar-refractivity contribution in [3.63, 3.8) is 0 Å². The van der Waals surface area contributed by atoms with Gasteiger partial charge in [0.25, 0.3) is 0 Å². The van der Waals surface area contributed by atoms with Crippen LogP contribution in [0, 0.1) is 0 Å². The highest BCUT2D eigenvalue weighted by Gasteiger charge is 2.16. The molecule has 0 radical (unpaired) electrons. The van der Waals surface area contributed by atoms with Crippen molar-refractivity contribution in [2.24, 2.45) is 0 Å². The number of amides is 1. The Kier molecular flexibility index (Phi) is 6.05. The summed E-state index contributed by atoms with van der Waals surface area (Å²) in [5, 5.41) is 2.92. The SMILES string of the molecule is COc1ccccc1CNC(=O)CN(C)[C@H](C)c1ccncn1. The van der Waals surface area contributed by atoms with Gasteiger partial charge in [0.1, 0.15) is 12.1 Å². The largest absolute Gasteiger partial charge is 0.496 e. The molecule has 23 heavy (non-hydrogen) atoms. The lowest BCUT2D eigenvalue weighted by atomic mass is 10.2. The van der Waals surface area contributed by atoms with E-state index in [0.717, 1.165) is 17.0 Å². The molecule has 0 fully saturated rings. The van der Waals surface area contributed by atoms with Crippen LogP contribution in [0.4, 0.5) is 0 Å². The molecule has 1 aromatic carbocycles. The van der Waals surface area contributed by atoms with E-state index in [1.165, 1.54) is 6.33 Å². The molecule has 0 aliphatic heterocycles. The van der Waals surface area contributed by atoms with E-state index in [2.05, 4.69) is 15.3 Å². The lowest BCUT2D eigenvalue weighted by Crippen LogP contribution is -2.36. The molecule has 1 heterocycles. The minimum atomic E-state index is -0.0423. The second-order valence-corrected chi connectivity index (χ2v) is 5.31. The molecular weight excluding hydrogens is 292 g/mol. The third-order valence-electron chi connectivity index (χ3n) is 3.76. The molecule has 1 atom stereocenters. The molecule has 0 saturated carbocycles. The average Bonchev–Trinajstić information content (AvgIpc) is 2.60. The van der Waals surface area contributed by atoms with Crippen molar-refractivity contribution in [3.8, 4) is 5.75 Å². The van der Waals surface area contributed by atoms with Gasteiger partial charge in [-0.05, 0) is 26.1 Å². The van der Waals surface area contributed by atoms with Gasteiger partial charge in [-0.15, -0.1) is 0 Å². The van der Waals surface area contributed by atoms with E-state index in [0.29, 0.717) is 13.1 Å². The maximum absolute atomic E-state index is 12.1. The zero-order valence-corrected chi connectivity index (χ0v) is 13.7. The van der Waals surface area contributed by atoms with Crippen molar-refractivity contribution in [3.05, 3.63) is 54.1 Å². The topological polar surface area (TPSA) is 67.3 Å². The Hall–Kier alpha value is -2.47. The van der Waals surface area contributed by atoms with Crippen LogP contribution < -0.4 is 10.1 Å². The summed E-state index contributed by atoms with van der Waals surface area (Å²) in [6.45, 7) is 2.74. The number of hydrogen-bond donors (Lipinski definition) is 1. The molecule has 0 unspecified atom stereocenters. The van der Waals surface area contributed by atoms with Crippen molar-refractivity contribution in [2.45, 2.75) is 19.5 Å². The molecular formula is C17H22N4O2. The number of para-hydroxylation sites is 1. The second-order valence-electron chi connectivity index (χ2n) is 5.31. The van der Waals surface area contributed by atoms with E-state index in [4.69, 9.17) is 4.74 Å². The Morgan fingerprint density at radius 3 is 2.83 bits per heavy atom. The van der Waals surface area contributed by atoms with Crippen LogP contribution in [-0.2, 0) is 11.3 Å². The maximum atomic E-state index is 12.1. The molecule has 0 saturated heterocycles. The standard InChI is InChI=1S/C17H22N4O2/c1-13(15-8-9-18-12-20-15)21(2)11-17(22)19-10-14-6-4-5-7-16(14)23-3/h4-9,12-13H,10-11H2,1-3H3,(H,19,22)/t13-/m1/s1. The lowest BCUT2D eigenvalue weighted by molar-refractivity contribution is -0.122. The summed E-state index contributed by atoms with van der Waals surface area (Å²) < 4.78 is 5.28. The van der Waals surface area contributed by atoms with Gasteiger partial charge < -0.3 is 10.1 Å². The molecule has 1 amide bonds. The maximum Gasteiger partial charge on any atom is 0.234 e. The zero-order valence-electron chi connectivity index (χ0n) is 13.7. The van der Waals surface area contributed by atoms with Crippen LogP contribution in [0.3, 0.4) is 0 Å². The Labute approximate surface area is 136 Å². The molecule has 2 rings (SSSR count). The lowest BCUT2D eigenvalue weighted by Gasteiger charge is -2.23. The van der Waals surface area contributed by atoms with E-state index >= 15 is 0 Å². The third-order valence-corrected chi connectivity index (χ3v) is 3.76. The van der Waals surface area contributed by atoms with Crippen LogP contribution in [-0.4, -0.2) is 41.5 Å². The van der Waals surface area contributed by atoms with Gasteiger partial charge in [-0.3, -0.25) is 9.69 Å². The number of likely N-dealkylation sites (N-methyl/N-ethyl adjacent to an activating group) is 1. The molecule has 0 spiro atoms. The monoisotopic (exact) mass is 314 g/mol. The molecule has 6 nitrogen and oxygen atoms in total. The van der Waals surface area contributed by atoms with Gasteiger partial charge in [-0.25, -0.2) is 9.97 Å². The highest BCUT2D eigenvalue weighted by atomic mass is 16.5. The summed E-state index contributed by atoms with van der Waals surface area (Å²) in [5.74, 6) is 0.731. The van der Waals surface area contributed by atoms with Crippen LogP contribution in [0.1, 0.15) is 24.2 Å². The van der Waals surface area contributed by atoms with Crippen LogP contribution in [0.25, 0.3) is 0 Å². The van der Waals surface area contributed by atoms with E-state index in [1.807, 2.05) is 49.2 Å². The number of hydrogen-bond acceptors (Lipinski definition) is 5. The number of aromatic nitrogens is 2. The van der Waals surface area contributed by atoms with Crippen LogP contribution in [0.5, 0.6) is 5.75 Å². The summed E-state index contributed by atoms with van der Waals surface area (Å²) in [6.07, 6.45) is 3.22. The fourth-order valence-corrected chi connectivity index (χ4v) is 2.24. The van der Waals surface area contributed by atoms with Crippen molar-refractivity contribution in [2.75, 3.05) is 20.7 Å². The molecule has 0 bridgehead atoms. The van der Waals surface area contributed by atoms with E-state index in [-0.39, 0.29) is 11.9 Å². The van der Waals surface area contributed by atoms with Gasteiger partial charge in [0.05, 0.1) is 19.3 Å². The molecule has 1 aromatic heterocycles. The number of benzene rings is 1. The zero-order chi connectivity index (χ0) is 16.7. The Bertz CT molecular complexity index is 634. The summed E-state index contributed by atoms with van der Waals surface area (Å²) >= 11 is 0. The number of methoxy groups -OCH3 is 1. The highest BCUT2D eigenvalue weighted by Crippen LogP contribution is 2.17. The first kappa shape index (κ1) is 16.9. The van der Waals surface area contributed by atoms with Crippen molar-refractivity contribution < 1.29 is 9.53 Å². The van der Waals surface area contributed by atoms with Gasteiger partial charge >= 0.3 is 0 Å². The Morgan fingerprint density at radius 1 is 1.35 bits per heavy atom. The molecule has 6 heteroatoms. The first-order valence-electron chi connectivity index (χ1n) is 7.46. The first-order chi connectivity index (χ1) is 11.1. The summed E-state index contributed by atoms with van der Waals surface area (Å²) in [4.78, 5) is 22.2. The first-order valence-corrected chi connectivity index (χ1v) is 7.46. The molecule has 0 aliphatic carbocycles. The van der Waals surface area contributed by atoms with Gasteiger partial charge in [0, 0.05) is 24.3 Å². The number of carbonyl (C=O) groups is 1. The van der Waals surface area contributed by atoms with Crippen molar-refractivity contribution in [1.82, 2.24) is 20.2 Å². The number of nitrogens with one attached hydrogen (secondary N) is 1. The van der Waals surface area contributed by atoms with Crippen molar-refractivity contribution >= 4 is 5.91 Å². The predicted octanol–water partition coefficient (Wildman–Crippen LogP) is 1.79.